The summed E-state index contributed by atoms with van der Waals surface area (Å²) in [5.74, 6) is 0. The third-order valence-electron chi connectivity index (χ3n) is 0.555. The maximum atomic E-state index is 10.3. The fraction of sp³-hybridized carbons (Fsp3) is 0.800. The largest absolute Gasteiger partial charge is 0.448 e. The molecule has 3 heteroatoms. The normalized spacial score (nSPS) is 8.25. The first-order valence-electron chi connectivity index (χ1n) is 2.65. The van der Waals surface area contributed by atoms with E-state index in [4.69, 9.17) is 0 Å². The van der Waals surface area contributed by atoms with Gasteiger partial charge in [0.25, 0.3) is 0 Å². The average Bonchev–Trinajstić information content (AvgIpc) is 1.68. The smallest absolute Gasteiger partial charge is 0.428 e. The van der Waals surface area contributed by atoms with Crippen molar-refractivity contribution >= 4 is 6.09 Å². The van der Waals surface area contributed by atoms with Crippen LogP contribution in [-0.2, 0) is 4.74 Å². The van der Waals surface area contributed by atoms with Crippen LogP contribution in [0, 0.1) is 0 Å². The van der Waals surface area contributed by atoms with Gasteiger partial charge in [-0.1, -0.05) is 0 Å². The Morgan fingerprint density at radius 2 is 2.25 bits per heavy atom. The van der Waals surface area contributed by atoms with E-state index >= 15 is 0 Å². The van der Waals surface area contributed by atoms with Gasteiger partial charge in [0.05, 0.1) is 6.61 Å². The molecule has 0 aliphatic rings. The van der Waals surface area contributed by atoms with Gasteiger partial charge >= 0.3 is 6.09 Å². The zero-order chi connectivity index (χ0) is 6.41. The second kappa shape index (κ2) is 4.43. The highest BCUT2D eigenvalue weighted by molar-refractivity contribution is 5.66. The molecule has 0 aliphatic carbocycles. The number of rotatable bonds is 2. The molecule has 47 valence electrons. The van der Waals surface area contributed by atoms with E-state index in [1.165, 1.54) is 0 Å². The highest BCUT2D eigenvalue weighted by atomic mass is 16.5. The maximum Gasteiger partial charge on any atom is 0.428 e. The Kier molecular flexibility index (Phi) is 4.03. The lowest BCUT2D eigenvalue weighted by Crippen LogP contribution is -2.15. The van der Waals surface area contributed by atoms with Gasteiger partial charge in [0.15, 0.2) is 0 Å². The van der Waals surface area contributed by atoms with Crippen molar-refractivity contribution in [2.45, 2.75) is 13.8 Å². The minimum Gasteiger partial charge on any atom is -0.448 e. The summed E-state index contributed by atoms with van der Waals surface area (Å²) in [4.78, 5) is 10.3. The monoisotopic (exact) mass is 116 g/mol. The van der Waals surface area contributed by atoms with Gasteiger partial charge in [0.2, 0.25) is 0 Å². The molecule has 0 aromatic heterocycles. The molecule has 0 atom stereocenters. The highest BCUT2D eigenvalue weighted by Crippen LogP contribution is 1.75. The number of carbonyl (C=O) groups excluding carboxylic acids is 1. The van der Waals surface area contributed by atoms with Crippen LogP contribution in [0.2, 0.25) is 0 Å². The first kappa shape index (κ1) is 7.27. The zero-order valence-electron chi connectivity index (χ0n) is 5.18. The summed E-state index contributed by atoms with van der Waals surface area (Å²) in [5, 5.41) is 3.45. The molecular weight excluding hydrogens is 106 g/mol. The Hall–Kier alpha value is -0.730. The summed E-state index contributed by atoms with van der Waals surface area (Å²) in [7, 11) is 0. The molecule has 1 radical (unpaired) electrons. The van der Waals surface area contributed by atoms with Gasteiger partial charge in [0, 0.05) is 6.54 Å². The van der Waals surface area contributed by atoms with E-state index in [0.29, 0.717) is 13.2 Å². The number of ether oxygens (including phenoxy) is 1. The van der Waals surface area contributed by atoms with Crippen LogP contribution in [0.4, 0.5) is 4.79 Å². The molecule has 3 nitrogen and oxygen atoms in total. The van der Waals surface area contributed by atoms with Crippen molar-refractivity contribution in [3.63, 3.8) is 0 Å². The van der Waals surface area contributed by atoms with Gasteiger partial charge in [-0.15, -0.1) is 0 Å². The Balaban J connectivity index is 3.06. The van der Waals surface area contributed by atoms with Crippen LogP contribution in [0.5, 0.6) is 0 Å². The lowest BCUT2D eigenvalue weighted by Gasteiger charge is -1.96. The molecule has 0 unspecified atom stereocenters. The summed E-state index contributed by atoms with van der Waals surface area (Å²) in [6.07, 6.45) is -0.463. The fourth-order valence-electron chi connectivity index (χ4n) is 0.298. The van der Waals surface area contributed by atoms with Gasteiger partial charge in [0.1, 0.15) is 0 Å². The predicted octanol–water partition coefficient (Wildman–Crippen LogP) is 0.767. The molecule has 0 aromatic rings. The van der Waals surface area contributed by atoms with Crippen LogP contribution >= 0.6 is 0 Å². The van der Waals surface area contributed by atoms with Crippen LogP contribution in [-0.4, -0.2) is 19.2 Å². The molecule has 0 bridgehead atoms. The third-order valence-corrected chi connectivity index (χ3v) is 0.555. The number of carbonyl (C=O) groups is 1. The topological polar surface area (TPSA) is 40.4 Å². The van der Waals surface area contributed by atoms with Crippen molar-refractivity contribution in [1.29, 1.82) is 0 Å². The molecular formula is C5H10NO2. The second-order valence-electron chi connectivity index (χ2n) is 1.17. The van der Waals surface area contributed by atoms with Gasteiger partial charge < -0.3 is 4.74 Å². The van der Waals surface area contributed by atoms with Crippen LogP contribution in [0.25, 0.3) is 0 Å². The molecule has 0 fully saturated rings. The van der Waals surface area contributed by atoms with E-state index in [9.17, 15) is 4.79 Å². The summed E-state index contributed by atoms with van der Waals surface area (Å²) in [6, 6.07) is 0. The number of hydrogen-bond acceptors (Lipinski definition) is 2. The molecule has 0 saturated heterocycles. The molecule has 0 rings (SSSR count). The molecule has 0 aromatic carbocycles. The molecule has 0 N–H and O–H groups in total. The van der Waals surface area contributed by atoms with Crippen molar-refractivity contribution < 1.29 is 9.53 Å². The molecule has 8 heavy (non-hydrogen) atoms. The lowest BCUT2D eigenvalue weighted by molar-refractivity contribution is 0.152. The summed E-state index contributed by atoms with van der Waals surface area (Å²) < 4.78 is 4.48. The Labute approximate surface area is 49.0 Å². The van der Waals surface area contributed by atoms with Crippen molar-refractivity contribution in [2.75, 3.05) is 13.2 Å². The van der Waals surface area contributed by atoms with E-state index < -0.39 is 6.09 Å². The quantitative estimate of drug-likeness (QED) is 0.534. The zero-order valence-corrected chi connectivity index (χ0v) is 5.18. The molecule has 0 heterocycles. The average molecular weight is 116 g/mol. The first-order valence-corrected chi connectivity index (χ1v) is 2.65. The third kappa shape index (κ3) is 3.46. The fourth-order valence-corrected chi connectivity index (χ4v) is 0.298. The van der Waals surface area contributed by atoms with Crippen LogP contribution in [0.15, 0.2) is 0 Å². The van der Waals surface area contributed by atoms with Crippen molar-refractivity contribution in [3.8, 4) is 0 Å². The molecule has 0 aliphatic heterocycles. The number of nitrogens with zero attached hydrogens (tertiary/aromatic N) is 1. The predicted molar refractivity (Wildman–Crippen MR) is 29.7 cm³/mol. The Morgan fingerprint density at radius 1 is 1.62 bits per heavy atom. The van der Waals surface area contributed by atoms with Crippen LogP contribution in [0.1, 0.15) is 13.8 Å². The van der Waals surface area contributed by atoms with Gasteiger partial charge in [-0.25, -0.2) is 10.1 Å². The SMILES string of the molecule is CC[N]C(=O)OCC. The summed E-state index contributed by atoms with van der Waals surface area (Å²) >= 11 is 0. The number of amides is 1. The lowest BCUT2D eigenvalue weighted by atomic mass is 10.7. The highest BCUT2D eigenvalue weighted by Gasteiger charge is 1.95. The van der Waals surface area contributed by atoms with Gasteiger partial charge in [-0.05, 0) is 13.8 Å². The van der Waals surface area contributed by atoms with Crippen molar-refractivity contribution in [1.82, 2.24) is 5.32 Å². The first-order chi connectivity index (χ1) is 3.81. The number of hydrogen-bond donors (Lipinski definition) is 0. The van der Waals surface area contributed by atoms with Crippen LogP contribution in [0.3, 0.4) is 0 Å². The van der Waals surface area contributed by atoms with Crippen LogP contribution < -0.4 is 5.32 Å². The molecule has 0 spiro atoms. The minimum atomic E-state index is -0.463. The van der Waals surface area contributed by atoms with Gasteiger partial charge in [-0.3, -0.25) is 0 Å². The van der Waals surface area contributed by atoms with E-state index in [-0.39, 0.29) is 0 Å². The molecule has 1 amide bonds. The summed E-state index contributed by atoms with van der Waals surface area (Å²) in [5.41, 5.74) is 0. The second-order valence-corrected chi connectivity index (χ2v) is 1.17. The van der Waals surface area contributed by atoms with Crippen molar-refractivity contribution in [3.05, 3.63) is 0 Å². The molecule has 0 saturated carbocycles. The standard InChI is InChI=1S/C5H10NO2/c1-3-6-5(7)8-4-2/h3-4H2,1-2H3. The van der Waals surface area contributed by atoms with Crippen molar-refractivity contribution in [2.24, 2.45) is 0 Å². The van der Waals surface area contributed by atoms with E-state index in [1.54, 1.807) is 13.8 Å². The maximum absolute atomic E-state index is 10.3. The van der Waals surface area contributed by atoms with E-state index in [0.717, 1.165) is 0 Å². The van der Waals surface area contributed by atoms with Gasteiger partial charge in [-0.2, -0.15) is 0 Å². The van der Waals surface area contributed by atoms with E-state index in [2.05, 4.69) is 10.1 Å². The Bertz CT molecular complexity index is 64.8. The van der Waals surface area contributed by atoms with E-state index in [1.807, 2.05) is 0 Å². The summed E-state index contributed by atoms with van der Waals surface area (Å²) in [6.45, 7) is 4.45. The Morgan fingerprint density at radius 3 is 2.62 bits per heavy atom. The minimum absolute atomic E-state index is 0.405.